The number of imide groups is 1. The third-order valence-electron chi connectivity index (χ3n) is 3.58. The van der Waals surface area contributed by atoms with E-state index in [1.54, 1.807) is 0 Å². The molecular formula is C17H9Cl3N2O4. The van der Waals surface area contributed by atoms with Gasteiger partial charge in [0.1, 0.15) is 10.7 Å². The zero-order chi connectivity index (χ0) is 19.0. The summed E-state index contributed by atoms with van der Waals surface area (Å²) in [5, 5.41) is 11.8. The molecule has 2 amide bonds. The minimum atomic E-state index is -1.08. The average Bonchev–Trinajstić information content (AvgIpc) is 2.80. The van der Waals surface area contributed by atoms with Crippen molar-refractivity contribution in [2.75, 3.05) is 10.2 Å². The van der Waals surface area contributed by atoms with Crippen LogP contribution in [0.15, 0.2) is 53.2 Å². The van der Waals surface area contributed by atoms with Gasteiger partial charge in [-0.3, -0.25) is 9.59 Å². The number of nitrogens with one attached hydrogen (secondary N) is 1. The summed E-state index contributed by atoms with van der Waals surface area (Å²) in [6.07, 6.45) is 0. The van der Waals surface area contributed by atoms with Crippen LogP contribution in [0.5, 0.6) is 0 Å². The predicted molar refractivity (Wildman–Crippen MR) is 98.9 cm³/mol. The third-order valence-corrected chi connectivity index (χ3v) is 4.47. The summed E-state index contributed by atoms with van der Waals surface area (Å²) in [4.78, 5) is 36.8. The molecule has 0 saturated carbocycles. The molecule has 2 N–H and O–H groups in total. The highest BCUT2D eigenvalue weighted by Gasteiger charge is 2.39. The third kappa shape index (κ3) is 3.26. The minimum Gasteiger partial charge on any atom is -0.478 e. The summed E-state index contributed by atoms with van der Waals surface area (Å²) in [5.74, 6) is -2.50. The lowest BCUT2D eigenvalue weighted by molar-refractivity contribution is -0.120. The molecule has 1 aliphatic rings. The highest BCUT2D eigenvalue weighted by Crippen LogP contribution is 2.35. The molecule has 3 rings (SSSR count). The predicted octanol–water partition coefficient (Wildman–Crippen LogP) is 4.13. The van der Waals surface area contributed by atoms with Gasteiger partial charge >= 0.3 is 5.97 Å². The molecule has 1 aliphatic heterocycles. The molecule has 0 radical (unpaired) electrons. The van der Waals surface area contributed by atoms with Gasteiger partial charge in [-0.15, -0.1) is 0 Å². The van der Waals surface area contributed by atoms with E-state index in [-0.39, 0.29) is 27.0 Å². The van der Waals surface area contributed by atoms with Crippen molar-refractivity contribution in [1.82, 2.24) is 0 Å². The van der Waals surface area contributed by atoms with E-state index in [1.165, 1.54) is 42.5 Å². The molecule has 26 heavy (non-hydrogen) atoms. The van der Waals surface area contributed by atoms with Crippen molar-refractivity contribution in [2.45, 2.75) is 0 Å². The van der Waals surface area contributed by atoms with E-state index in [0.717, 1.165) is 4.90 Å². The molecule has 0 atom stereocenters. The quantitative estimate of drug-likeness (QED) is 0.739. The SMILES string of the molecule is O=C(O)c1ccc(NC2=C(Cl)C(=O)N(c3ccc(Cl)cc3Cl)C2=O)cc1. The van der Waals surface area contributed by atoms with Gasteiger partial charge in [-0.1, -0.05) is 34.8 Å². The number of hydrogen-bond acceptors (Lipinski definition) is 4. The smallest absolute Gasteiger partial charge is 0.335 e. The summed E-state index contributed by atoms with van der Waals surface area (Å²) in [6, 6.07) is 9.96. The number of carbonyl (C=O) groups excluding carboxylic acids is 2. The van der Waals surface area contributed by atoms with Gasteiger partial charge in [-0.2, -0.15) is 0 Å². The Kier molecular flexibility index (Phi) is 4.91. The molecule has 0 fully saturated rings. The lowest BCUT2D eigenvalue weighted by Gasteiger charge is -2.16. The summed E-state index contributed by atoms with van der Waals surface area (Å²) in [5.41, 5.74) is 0.500. The maximum Gasteiger partial charge on any atom is 0.335 e. The number of anilines is 2. The van der Waals surface area contributed by atoms with Crippen molar-refractivity contribution in [3.8, 4) is 0 Å². The number of halogens is 3. The number of rotatable bonds is 4. The van der Waals surface area contributed by atoms with E-state index in [9.17, 15) is 14.4 Å². The number of amides is 2. The zero-order valence-electron chi connectivity index (χ0n) is 12.8. The lowest BCUT2D eigenvalue weighted by Crippen LogP contribution is -2.32. The van der Waals surface area contributed by atoms with E-state index in [2.05, 4.69) is 5.32 Å². The first-order valence-electron chi connectivity index (χ1n) is 7.13. The van der Waals surface area contributed by atoms with Crippen LogP contribution in [0.1, 0.15) is 10.4 Å². The summed E-state index contributed by atoms with van der Waals surface area (Å²) >= 11 is 17.9. The number of hydrogen-bond donors (Lipinski definition) is 2. The highest BCUT2D eigenvalue weighted by atomic mass is 35.5. The Labute approximate surface area is 162 Å². The molecule has 6 nitrogen and oxygen atoms in total. The fraction of sp³-hybridized carbons (Fsp3) is 0. The van der Waals surface area contributed by atoms with Crippen LogP contribution in [-0.4, -0.2) is 22.9 Å². The number of carbonyl (C=O) groups is 3. The molecule has 2 aromatic rings. The molecule has 0 aliphatic carbocycles. The number of carboxylic acids is 1. The highest BCUT2D eigenvalue weighted by molar-refractivity contribution is 6.53. The van der Waals surface area contributed by atoms with Crippen molar-refractivity contribution in [1.29, 1.82) is 0 Å². The molecule has 132 valence electrons. The Morgan fingerprint density at radius 2 is 1.62 bits per heavy atom. The molecule has 0 saturated heterocycles. The second kappa shape index (κ2) is 6.99. The Hall–Kier alpha value is -2.54. The monoisotopic (exact) mass is 410 g/mol. The van der Waals surface area contributed by atoms with Gasteiger partial charge in [0.2, 0.25) is 0 Å². The zero-order valence-corrected chi connectivity index (χ0v) is 15.1. The molecule has 0 unspecified atom stereocenters. The van der Waals surface area contributed by atoms with Crippen LogP contribution in [0.25, 0.3) is 0 Å². The maximum absolute atomic E-state index is 12.7. The molecule has 0 bridgehead atoms. The van der Waals surface area contributed by atoms with E-state index in [4.69, 9.17) is 39.9 Å². The molecular weight excluding hydrogens is 403 g/mol. The van der Waals surface area contributed by atoms with Crippen LogP contribution in [-0.2, 0) is 9.59 Å². The van der Waals surface area contributed by atoms with Gasteiger partial charge in [0.25, 0.3) is 11.8 Å². The van der Waals surface area contributed by atoms with E-state index in [1.807, 2.05) is 0 Å². The summed E-state index contributed by atoms with van der Waals surface area (Å²) < 4.78 is 0. The maximum atomic E-state index is 12.7. The van der Waals surface area contributed by atoms with Gasteiger partial charge in [0.05, 0.1) is 16.3 Å². The van der Waals surface area contributed by atoms with Crippen LogP contribution in [0.4, 0.5) is 11.4 Å². The lowest BCUT2D eigenvalue weighted by atomic mass is 10.2. The summed E-state index contributed by atoms with van der Waals surface area (Å²) in [7, 11) is 0. The second-order valence-corrected chi connectivity index (χ2v) is 6.46. The van der Waals surface area contributed by atoms with Crippen molar-refractivity contribution < 1.29 is 19.5 Å². The average molecular weight is 412 g/mol. The van der Waals surface area contributed by atoms with E-state index < -0.39 is 17.8 Å². The van der Waals surface area contributed by atoms with Crippen LogP contribution < -0.4 is 10.2 Å². The van der Waals surface area contributed by atoms with Gasteiger partial charge < -0.3 is 10.4 Å². The Morgan fingerprint density at radius 3 is 2.19 bits per heavy atom. The van der Waals surface area contributed by atoms with Crippen LogP contribution >= 0.6 is 34.8 Å². The van der Waals surface area contributed by atoms with Crippen LogP contribution in [0, 0.1) is 0 Å². The molecule has 9 heteroatoms. The molecule has 1 heterocycles. The van der Waals surface area contributed by atoms with E-state index in [0.29, 0.717) is 10.7 Å². The fourth-order valence-electron chi connectivity index (χ4n) is 2.33. The first-order valence-corrected chi connectivity index (χ1v) is 8.27. The molecule has 2 aromatic carbocycles. The van der Waals surface area contributed by atoms with Crippen molar-refractivity contribution in [3.63, 3.8) is 0 Å². The first-order chi connectivity index (χ1) is 12.3. The second-order valence-electron chi connectivity index (χ2n) is 5.24. The number of carboxylic acid groups (broad SMARTS) is 1. The van der Waals surface area contributed by atoms with Crippen molar-refractivity contribution >= 4 is 64.0 Å². The van der Waals surface area contributed by atoms with Crippen LogP contribution in [0.2, 0.25) is 10.0 Å². The largest absolute Gasteiger partial charge is 0.478 e. The van der Waals surface area contributed by atoms with Crippen molar-refractivity contribution in [3.05, 3.63) is 68.8 Å². The number of benzene rings is 2. The minimum absolute atomic E-state index is 0.0824. The Balaban J connectivity index is 1.90. The van der Waals surface area contributed by atoms with Crippen LogP contribution in [0.3, 0.4) is 0 Å². The number of aromatic carboxylic acids is 1. The van der Waals surface area contributed by atoms with Crippen molar-refractivity contribution in [2.24, 2.45) is 0 Å². The first kappa shape index (κ1) is 18.3. The Morgan fingerprint density at radius 1 is 0.962 bits per heavy atom. The summed E-state index contributed by atoms with van der Waals surface area (Å²) in [6.45, 7) is 0. The van der Waals surface area contributed by atoms with Gasteiger partial charge in [0.15, 0.2) is 0 Å². The van der Waals surface area contributed by atoms with E-state index >= 15 is 0 Å². The topological polar surface area (TPSA) is 86.7 Å². The molecule has 0 spiro atoms. The molecule has 0 aromatic heterocycles. The van der Waals surface area contributed by atoms with Gasteiger partial charge in [0, 0.05) is 10.7 Å². The van der Waals surface area contributed by atoms with Gasteiger partial charge in [-0.05, 0) is 42.5 Å². The normalized spacial score (nSPS) is 14.2. The number of nitrogens with zero attached hydrogens (tertiary/aromatic N) is 1. The standard InChI is InChI=1S/C17H9Cl3N2O4/c18-9-3-6-12(11(19)7-9)22-15(23)13(20)14(16(22)24)21-10-4-1-8(2-5-10)17(25)26/h1-7,21H,(H,25,26). The van der Waals surface area contributed by atoms with Gasteiger partial charge in [-0.25, -0.2) is 9.69 Å². The Bertz CT molecular complexity index is 970. The fourth-order valence-corrected chi connectivity index (χ4v) is 3.04.